The lowest BCUT2D eigenvalue weighted by molar-refractivity contribution is 0.0951. The number of benzene rings is 3. The summed E-state index contributed by atoms with van der Waals surface area (Å²) < 4.78 is 45.9. The van der Waals surface area contributed by atoms with Gasteiger partial charge in [-0.05, 0) is 66.9 Å². The molecule has 10 nitrogen and oxygen atoms in total. The van der Waals surface area contributed by atoms with Gasteiger partial charge in [0.25, 0.3) is 21.5 Å². The summed E-state index contributed by atoms with van der Waals surface area (Å²) in [5.74, 6) is 0.948. The number of ether oxygens (including phenoxy) is 3. The van der Waals surface area contributed by atoms with E-state index in [-0.39, 0.29) is 23.0 Å². The van der Waals surface area contributed by atoms with Gasteiger partial charge in [-0.1, -0.05) is 26.0 Å². The van der Waals surface area contributed by atoms with Crippen LogP contribution in [0.25, 0.3) is 10.8 Å². The molecule has 42 heavy (non-hydrogen) atoms. The highest BCUT2D eigenvalue weighted by atomic mass is 32.2. The number of carbonyl (C=O) groups excluding carboxylic acids is 1. The van der Waals surface area contributed by atoms with E-state index in [4.69, 9.17) is 14.2 Å². The fourth-order valence-corrected chi connectivity index (χ4v) is 5.86. The van der Waals surface area contributed by atoms with Crippen LogP contribution in [-0.4, -0.2) is 40.2 Å². The van der Waals surface area contributed by atoms with E-state index in [2.05, 4.69) is 10.0 Å². The van der Waals surface area contributed by atoms with Gasteiger partial charge < -0.3 is 24.1 Å². The Bertz CT molecular complexity index is 1750. The molecule has 0 atom stereocenters. The molecule has 0 aliphatic rings. The molecule has 0 aliphatic carbocycles. The largest absolute Gasteiger partial charge is 0.497 e. The minimum atomic E-state index is -3.84. The summed E-state index contributed by atoms with van der Waals surface area (Å²) in [6, 6.07) is 16.0. The third-order valence-corrected chi connectivity index (χ3v) is 8.53. The minimum absolute atomic E-state index is 0.0862. The van der Waals surface area contributed by atoms with E-state index >= 15 is 0 Å². The van der Waals surface area contributed by atoms with E-state index in [1.54, 1.807) is 59.3 Å². The zero-order chi connectivity index (χ0) is 30.4. The Balaban J connectivity index is 1.62. The van der Waals surface area contributed by atoms with Crippen molar-refractivity contribution in [2.75, 3.05) is 26.1 Å². The summed E-state index contributed by atoms with van der Waals surface area (Å²) in [6.07, 6.45) is 3.04. The van der Waals surface area contributed by atoms with Gasteiger partial charge in [-0.3, -0.25) is 14.3 Å². The smallest absolute Gasteiger partial charge is 0.261 e. The number of carbonyl (C=O) groups is 1. The second-order valence-corrected chi connectivity index (χ2v) is 11.3. The number of nitrogens with zero attached hydrogens (tertiary/aromatic N) is 1. The van der Waals surface area contributed by atoms with Crippen molar-refractivity contribution in [3.63, 3.8) is 0 Å². The van der Waals surface area contributed by atoms with Crippen LogP contribution in [0.4, 0.5) is 5.69 Å². The van der Waals surface area contributed by atoms with Crippen molar-refractivity contribution < 1.29 is 27.4 Å². The minimum Gasteiger partial charge on any atom is -0.497 e. The summed E-state index contributed by atoms with van der Waals surface area (Å²) in [6.45, 7) is 4.11. The number of aromatic nitrogens is 1. The highest BCUT2D eigenvalue weighted by molar-refractivity contribution is 7.92. The van der Waals surface area contributed by atoms with Crippen molar-refractivity contribution in [2.24, 2.45) is 0 Å². The van der Waals surface area contributed by atoms with Crippen LogP contribution in [0.3, 0.4) is 0 Å². The summed E-state index contributed by atoms with van der Waals surface area (Å²) in [5.41, 5.74) is 1.12. The molecule has 11 heteroatoms. The molecule has 222 valence electrons. The number of pyridine rings is 1. The van der Waals surface area contributed by atoms with E-state index < -0.39 is 15.9 Å². The molecular formula is C31H35N3O7S. The zero-order valence-corrected chi connectivity index (χ0v) is 25.1. The number of amides is 1. The molecule has 0 aliphatic heterocycles. The molecule has 0 spiro atoms. The summed E-state index contributed by atoms with van der Waals surface area (Å²) >= 11 is 0. The van der Waals surface area contributed by atoms with Gasteiger partial charge in [0.05, 0.1) is 37.2 Å². The van der Waals surface area contributed by atoms with Crippen LogP contribution in [0.2, 0.25) is 0 Å². The molecule has 2 N–H and O–H groups in total. The zero-order valence-electron chi connectivity index (χ0n) is 24.3. The second-order valence-electron chi connectivity index (χ2n) is 9.64. The molecule has 0 saturated carbocycles. The first-order chi connectivity index (χ1) is 20.1. The molecular weight excluding hydrogens is 558 g/mol. The van der Waals surface area contributed by atoms with Crippen molar-refractivity contribution in [3.05, 3.63) is 88.3 Å². The molecule has 0 radical (unpaired) electrons. The van der Waals surface area contributed by atoms with Crippen LogP contribution in [0, 0.1) is 0 Å². The second kappa shape index (κ2) is 13.0. The van der Waals surface area contributed by atoms with Gasteiger partial charge in [0.1, 0.15) is 5.75 Å². The first kappa shape index (κ1) is 30.4. The SMILES string of the molecule is CCC(CC)n1cc(C(=O)NCc2cccc(NS(=O)(=O)c3ccc(OC)cc3)c2)c2cc(OC)c(OC)cc2c1=O. The van der Waals surface area contributed by atoms with Gasteiger partial charge in [-0.2, -0.15) is 0 Å². The van der Waals surface area contributed by atoms with Crippen molar-refractivity contribution in [1.29, 1.82) is 0 Å². The third kappa shape index (κ3) is 6.36. The first-order valence-corrected chi connectivity index (χ1v) is 15.0. The molecule has 0 saturated heterocycles. The maximum atomic E-state index is 13.6. The molecule has 4 aromatic rings. The Kier molecular flexibility index (Phi) is 9.41. The van der Waals surface area contributed by atoms with Gasteiger partial charge in [-0.25, -0.2) is 8.42 Å². The van der Waals surface area contributed by atoms with Crippen molar-refractivity contribution in [1.82, 2.24) is 9.88 Å². The molecule has 3 aromatic carbocycles. The number of hydrogen-bond acceptors (Lipinski definition) is 7. The fraction of sp³-hybridized carbons (Fsp3) is 0.290. The first-order valence-electron chi connectivity index (χ1n) is 13.5. The lowest BCUT2D eigenvalue weighted by atomic mass is 10.0. The van der Waals surface area contributed by atoms with E-state index in [9.17, 15) is 18.0 Å². The average molecular weight is 594 g/mol. The maximum absolute atomic E-state index is 13.6. The normalized spacial score (nSPS) is 11.4. The quantitative estimate of drug-likeness (QED) is 0.234. The topological polar surface area (TPSA) is 125 Å². The van der Waals surface area contributed by atoms with Crippen LogP contribution >= 0.6 is 0 Å². The highest BCUT2D eigenvalue weighted by Crippen LogP contribution is 2.33. The highest BCUT2D eigenvalue weighted by Gasteiger charge is 2.21. The Labute approximate surface area is 245 Å². The lowest BCUT2D eigenvalue weighted by Crippen LogP contribution is -2.29. The van der Waals surface area contributed by atoms with Gasteiger partial charge in [0.15, 0.2) is 11.5 Å². The van der Waals surface area contributed by atoms with Gasteiger partial charge >= 0.3 is 0 Å². The lowest BCUT2D eigenvalue weighted by Gasteiger charge is -2.20. The maximum Gasteiger partial charge on any atom is 0.261 e. The van der Waals surface area contributed by atoms with E-state index in [0.717, 1.165) is 12.8 Å². The van der Waals surface area contributed by atoms with E-state index in [0.29, 0.717) is 44.8 Å². The van der Waals surface area contributed by atoms with E-state index in [1.165, 1.54) is 33.5 Å². The standard InChI is InChI=1S/C31H35N3O7S/c1-6-22(7-2)34-19-27(25-16-28(40-4)29(41-5)17-26(25)31(34)36)30(35)32-18-20-9-8-10-21(15-20)33-42(37,38)24-13-11-23(39-3)12-14-24/h8-17,19,22,33H,6-7,18H2,1-5H3,(H,32,35). The Morgan fingerprint density at radius 2 is 1.52 bits per heavy atom. The molecule has 1 heterocycles. The molecule has 1 aromatic heterocycles. The van der Waals surface area contributed by atoms with Crippen LogP contribution in [-0.2, 0) is 16.6 Å². The van der Waals surface area contributed by atoms with Crippen LogP contribution in [0.5, 0.6) is 17.2 Å². The van der Waals surface area contributed by atoms with Gasteiger partial charge in [0, 0.05) is 29.9 Å². The van der Waals surface area contributed by atoms with Crippen molar-refractivity contribution >= 4 is 32.4 Å². The Morgan fingerprint density at radius 1 is 0.881 bits per heavy atom. The fourth-order valence-electron chi connectivity index (χ4n) is 4.81. The van der Waals surface area contributed by atoms with Crippen LogP contribution in [0.15, 0.2) is 76.6 Å². The Morgan fingerprint density at radius 3 is 2.12 bits per heavy atom. The number of anilines is 1. The van der Waals surface area contributed by atoms with Crippen molar-refractivity contribution in [2.45, 2.75) is 44.2 Å². The number of hydrogen-bond donors (Lipinski definition) is 2. The number of sulfonamides is 1. The molecule has 0 fully saturated rings. The predicted octanol–water partition coefficient (Wildman–Crippen LogP) is 5.12. The molecule has 0 bridgehead atoms. The number of fused-ring (bicyclic) bond motifs is 1. The van der Waals surface area contributed by atoms with Gasteiger partial charge in [-0.15, -0.1) is 0 Å². The predicted molar refractivity (Wildman–Crippen MR) is 162 cm³/mol. The Hall–Kier alpha value is -4.51. The molecule has 0 unspecified atom stereocenters. The molecule has 1 amide bonds. The summed E-state index contributed by atoms with van der Waals surface area (Å²) in [4.78, 5) is 27.1. The number of rotatable bonds is 12. The van der Waals surface area contributed by atoms with Crippen molar-refractivity contribution in [3.8, 4) is 17.2 Å². The third-order valence-electron chi connectivity index (χ3n) is 7.13. The van der Waals surface area contributed by atoms with E-state index in [1.807, 2.05) is 13.8 Å². The average Bonchev–Trinajstić information content (AvgIpc) is 3.00. The number of nitrogens with one attached hydrogen (secondary N) is 2. The monoisotopic (exact) mass is 593 g/mol. The van der Waals surface area contributed by atoms with Crippen LogP contribution in [0.1, 0.15) is 48.7 Å². The van der Waals surface area contributed by atoms with Crippen LogP contribution < -0.4 is 29.8 Å². The number of methoxy groups -OCH3 is 3. The molecule has 4 rings (SSSR count). The summed E-state index contributed by atoms with van der Waals surface area (Å²) in [5, 5.41) is 3.70. The van der Waals surface area contributed by atoms with Gasteiger partial charge in [0.2, 0.25) is 0 Å². The summed E-state index contributed by atoms with van der Waals surface area (Å²) in [7, 11) is 0.652.